The Balaban J connectivity index is 1.87. The molecule has 4 rings (SSSR count). The van der Waals surface area contributed by atoms with Crippen LogP contribution in [0, 0.1) is 6.92 Å². The highest BCUT2D eigenvalue weighted by atomic mass is 35.5. The molecular formula is C36H37ClF3N3O4S. The summed E-state index contributed by atoms with van der Waals surface area (Å²) in [5.41, 5.74) is 0.649. The number of sulfonamides is 1. The summed E-state index contributed by atoms with van der Waals surface area (Å²) >= 11 is 6.38. The van der Waals surface area contributed by atoms with Gasteiger partial charge in [0.1, 0.15) is 12.6 Å². The monoisotopic (exact) mass is 699 g/mol. The molecule has 0 aliphatic heterocycles. The first-order chi connectivity index (χ1) is 22.7. The lowest BCUT2D eigenvalue weighted by Crippen LogP contribution is -2.54. The van der Waals surface area contributed by atoms with Gasteiger partial charge in [0.05, 0.1) is 21.2 Å². The lowest BCUT2D eigenvalue weighted by atomic mass is 10.0. The van der Waals surface area contributed by atoms with Crippen LogP contribution in [0.1, 0.15) is 42.5 Å². The second kappa shape index (κ2) is 15.7. The van der Waals surface area contributed by atoms with E-state index in [0.29, 0.717) is 22.4 Å². The van der Waals surface area contributed by atoms with Crippen LogP contribution >= 0.6 is 11.6 Å². The van der Waals surface area contributed by atoms with E-state index >= 15 is 0 Å². The molecule has 48 heavy (non-hydrogen) atoms. The minimum Gasteiger partial charge on any atom is -0.352 e. The van der Waals surface area contributed by atoms with Gasteiger partial charge in [-0.05, 0) is 61.7 Å². The standard InChI is InChI=1S/C36H37ClF3N3O4S/c1-4-26(3)41-35(45)33(21-27-13-7-5-8-14-27)42(23-28-15-11-12-25(2)20-28)34(44)24-43(48(46,47)30-16-9-6-10-17-30)32-22-29(36(38,39)40)18-19-31(32)37/h5-20,22,26,33H,4,21,23-24H2,1-3H3,(H,41,45)/t26-,33-/m0/s1. The Labute approximate surface area is 284 Å². The van der Waals surface area contributed by atoms with Crippen LogP contribution in [-0.4, -0.2) is 43.8 Å². The normalized spacial score (nSPS) is 13.0. The number of hydrogen-bond donors (Lipinski definition) is 1. The Morgan fingerprint density at radius 1 is 0.875 bits per heavy atom. The maximum Gasteiger partial charge on any atom is 0.416 e. The Morgan fingerprint density at radius 3 is 2.10 bits per heavy atom. The molecule has 2 atom stereocenters. The molecule has 0 saturated carbocycles. The topological polar surface area (TPSA) is 86.8 Å². The van der Waals surface area contributed by atoms with Crippen molar-refractivity contribution in [3.63, 3.8) is 0 Å². The van der Waals surface area contributed by atoms with Crippen molar-refractivity contribution in [2.75, 3.05) is 10.8 Å². The Hall–Kier alpha value is -4.35. The molecule has 0 unspecified atom stereocenters. The van der Waals surface area contributed by atoms with Crippen molar-refractivity contribution in [3.8, 4) is 0 Å². The van der Waals surface area contributed by atoms with E-state index in [9.17, 15) is 31.2 Å². The van der Waals surface area contributed by atoms with Crippen molar-refractivity contribution in [3.05, 3.63) is 130 Å². The zero-order valence-electron chi connectivity index (χ0n) is 26.7. The summed E-state index contributed by atoms with van der Waals surface area (Å²) in [5.74, 6) is -1.27. The van der Waals surface area contributed by atoms with Gasteiger partial charge in [0.25, 0.3) is 10.0 Å². The summed E-state index contributed by atoms with van der Waals surface area (Å²) < 4.78 is 70.4. The third-order valence-corrected chi connectivity index (χ3v) is 9.95. The SMILES string of the molecule is CC[C@H](C)NC(=O)[C@H](Cc1ccccc1)N(Cc1cccc(C)c1)C(=O)CN(c1cc(C(F)(F)F)ccc1Cl)S(=O)(=O)c1ccccc1. The molecule has 4 aromatic rings. The molecule has 254 valence electrons. The summed E-state index contributed by atoms with van der Waals surface area (Å²) in [6.07, 6.45) is -4.11. The molecule has 0 fully saturated rings. The van der Waals surface area contributed by atoms with Gasteiger partial charge >= 0.3 is 6.18 Å². The number of nitrogens with zero attached hydrogens (tertiary/aromatic N) is 2. The highest BCUT2D eigenvalue weighted by Gasteiger charge is 2.37. The number of aryl methyl sites for hydroxylation is 1. The fraction of sp³-hybridized carbons (Fsp3) is 0.278. The predicted octanol–water partition coefficient (Wildman–Crippen LogP) is 7.42. The molecule has 0 saturated heterocycles. The molecule has 12 heteroatoms. The molecule has 2 amide bonds. The van der Waals surface area contributed by atoms with Gasteiger partial charge in [0.2, 0.25) is 11.8 Å². The average Bonchev–Trinajstić information content (AvgIpc) is 3.05. The van der Waals surface area contributed by atoms with Gasteiger partial charge in [-0.1, -0.05) is 96.9 Å². The quantitative estimate of drug-likeness (QED) is 0.157. The number of alkyl halides is 3. The predicted molar refractivity (Wildman–Crippen MR) is 181 cm³/mol. The molecular weight excluding hydrogens is 663 g/mol. The summed E-state index contributed by atoms with van der Waals surface area (Å²) in [6.45, 7) is 4.58. The van der Waals surface area contributed by atoms with Crippen molar-refractivity contribution in [2.24, 2.45) is 0 Å². The summed E-state index contributed by atoms with van der Waals surface area (Å²) in [4.78, 5) is 29.5. The third kappa shape index (κ3) is 9.17. The Kier molecular flexibility index (Phi) is 11.9. The molecule has 0 spiro atoms. The highest BCUT2D eigenvalue weighted by Crippen LogP contribution is 2.37. The van der Waals surface area contributed by atoms with Crippen LogP contribution in [0.3, 0.4) is 0 Å². The molecule has 0 aliphatic rings. The van der Waals surface area contributed by atoms with E-state index in [1.807, 2.05) is 51.1 Å². The Bertz CT molecular complexity index is 1820. The number of nitrogens with one attached hydrogen (secondary N) is 1. The van der Waals surface area contributed by atoms with Gasteiger partial charge in [0.15, 0.2) is 0 Å². The van der Waals surface area contributed by atoms with Gasteiger partial charge in [-0.25, -0.2) is 8.42 Å². The maximum absolute atomic E-state index is 14.6. The number of anilines is 1. The fourth-order valence-electron chi connectivity index (χ4n) is 5.12. The molecule has 4 aromatic carbocycles. The first-order valence-electron chi connectivity index (χ1n) is 15.3. The van der Waals surface area contributed by atoms with Gasteiger partial charge in [-0.3, -0.25) is 13.9 Å². The first kappa shape index (κ1) is 36.5. The minimum absolute atomic E-state index is 0.0819. The van der Waals surface area contributed by atoms with Crippen molar-refractivity contribution < 1.29 is 31.2 Å². The van der Waals surface area contributed by atoms with E-state index in [0.717, 1.165) is 23.3 Å². The van der Waals surface area contributed by atoms with Crippen LogP contribution < -0.4 is 9.62 Å². The Morgan fingerprint density at radius 2 is 1.50 bits per heavy atom. The second-order valence-electron chi connectivity index (χ2n) is 11.5. The third-order valence-electron chi connectivity index (χ3n) is 7.86. The lowest BCUT2D eigenvalue weighted by molar-refractivity contribution is -0.140. The van der Waals surface area contributed by atoms with Crippen molar-refractivity contribution in [1.29, 1.82) is 0 Å². The molecule has 0 heterocycles. The second-order valence-corrected chi connectivity index (χ2v) is 13.8. The van der Waals surface area contributed by atoms with Crippen LogP contribution in [0.5, 0.6) is 0 Å². The largest absolute Gasteiger partial charge is 0.416 e. The van der Waals surface area contributed by atoms with Gasteiger partial charge in [-0.15, -0.1) is 0 Å². The van der Waals surface area contributed by atoms with E-state index in [1.165, 1.54) is 29.2 Å². The van der Waals surface area contributed by atoms with Gasteiger partial charge < -0.3 is 10.2 Å². The van der Waals surface area contributed by atoms with Crippen LogP contribution in [0.15, 0.2) is 108 Å². The fourth-order valence-corrected chi connectivity index (χ4v) is 6.83. The van der Waals surface area contributed by atoms with Crippen molar-refractivity contribution >= 4 is 39.1 Å². The first-order valence-corrected chi connectivity index (χ1v) is 17.2. The number of halogens is 4. The van der Waals surface area contributed by atoms with E-state index in [2.05, 4.69) is 5.32 Å². The minimum atomic E-state index is -4.82. The number of hydrogen-bond acceptors (Lipinski definition) is 4. The van der Waals surface area contributed by atoms with Crippen LogP contribution in [0.4, 0.5) is 18.9 Å². The van der Waals surface area contributed by atoms with Crippen molar-refractivity contribution in [2.45, 2.75) is 63.3 Å². The highest BCUT2D eigenvalue weighted by molar-refractivity contribution is 7.92. The van der Waals surface area contributed by atoms with Crippen LogP contribution in [0.2, 0.25) is 5.02 Å². The summed E-state index contributed by atoms with van der Waals surface area (Å²) in [5, 5.41) is 2.64. The van der Waals surface area contributed by atoms with Crippen LogP contribution in [-0.2, 0) is 38.8 Å². The zero-order chi connectivity index (χ0) is 35.1. The maximum atomic E-state index is 14.6. The van der Waals surface area contributed by atoms with Crippen LogP contribution in [0.25, 0.3) is 0 Å². The molecule has 0 bridgehead atoms. The smallest absolute Gasteiger partial charge is 0.352 e. The van der Waals surface area contributed by atoms with Gasteiger partial charge in [0, 0.05) is 19.0 Å². The number of rotatable bonds is 13. The average molecular weight is 700 g/mol. The molecule has 0 aliphatic carbocycles. The molecule has 1 N–H and O–H groups in total. The van der Waals surface area contributed by atoms with E-state index < -0.39 is 51.9 Å². The summed E-state index contributed by atoms with van der Waals surface area (Å²) in [7, 11) is -4.64. The van der Waals surface area contributed by atoms with E-state index in [4.69, 9.17) is 11.6 Å². The zero-order valence-corrected chi connectivity index (χ0v) is 28.3. The molecule has 7 nitrogen and oxygen atoms in total. The number of carbonyl (C=O) groups excluding carboxylic acids is 2. The van der Waals surface area contributed by atoms with E-state index in [1.54, 1.807) is 30.3 Å². The number of benzene rings is 4. The molecule has 0 aromatic heterocycles. The van der Waals surface area contributed by atoms with Gasteiger partial charge in [-0.2, -0.15) is 13.2 Å². The molecule has 0 radical (unpaired) electrons. The van der Waals surface area contributed by atoms with Crippen molar-refractivity contribution in [1.82, 2.24) is 10.2 Å². The lowest BCUT2D eigenvalue weighted by Gasteiger charge is -2.34. The summed E-state index contributed by atoms with van der Waals surface area (Å²) in [6, 6.07) is 24.3. The number of amides is 2. The van der Waals surface area contributed by atoms with E-state index in [-0.39, 0.29) is 28.9 Å². The number of carbonyl (C=O) groups is 2.